The highest BCUT2D eigenvalue weighted by molar-refractivity contribution is 7.99. The number of nitrogen functional groups attached to an aromatic ring is 1. The number of thioether (sulfide) groups is 1. The Morgan fingerprint density at radius 2 is 2.33 bits per heavy atom. The second kappa shape index (κ2) is 7.71. The molecule has 116 valence electrons. The van der Waals surface area contributed by atoms with E-state index >= 15 is 0 Å². The number of nitrogens with one attached hydrogen (secondary N) is 1. The molecule has 1 aromatic rings. The SMILES string of the molecule is Cc1c(N)cccc1NC(=O)CCCN1CCSC(C)C1. The van der Waals surface area contributed by atoms with Gasteiger partial charge in [0, 0.05) is 41.9 Å². The van der Waals surface area contributed by atoms with E-state index < -0.39 is 0 Å². The summed E-state index contributed by atoms with van der Waals surface area (Å²) in [6.07, 6.45) is 1.47. The summed E-state index contributed by atoms with van der Waals surface area (Å²) in [6, 6.07) is 5.61. The van der Waals surface area contributed by atoms with Crippen molar-refractivity contribution in [2.45, 2.75) is 31.9 Å². The summed E-state index contributed by atoms with van der Waals surface area (Å²) in [5.74, 6) is 1.28. The minimum Gasteiger partial charge on any atom is -0.398 e. The highest BCUT2D eigenvalue weighted by Gasteiger charge is 2.16. The number of hydrogen-bond acceptors (Lipinski definition) is 4. The lowest BCUT2D eigenvalue weighted by molar-refractivity contribution is -0.116. The Kier molecular flexibility index (Phi) is 5.94. The van der Waals surface area contributed by atoms with E-state index in [1.807, 2.05) is 36.9 Å². The van der Waals surface area contributed by atoms with Crippen LogP contribution in [0.2, 0.25) is 0 Å². The van der Waals surface area contributed by atoms with Gasteiger partial charge < -0.3 is 16.0 Å². The fourth-order valence-electron chi connectivity index (χ4n) is 2.56. The van der Waals surface area contributed by atoms with Crippen LogP contribution in [0.3, 0.4) is 0 Å². The lowest BCUT2D eigenvalue weighted by atomic mass is 10.1. The Morgan fingerprint density at radius 3 is 3.10 bits per heavy atom. The van der Waals surface area contributed by atoms with Crippen LogP contribution in [0.25, 0.3) is 0 Å². The second-order valence-electron chi connectivity index (χ2n) is 5.65. The quantitative estimate of drug-likeness (QED) is 0.821. The van der Waals surface area contributed by atoms with Crippen molar-refractivity contribution in [1.29, 1.82) is 0 Å². The standard InChI is InChI=1S/C16H25N3OS/c1-12-11-19(9-10-21-12)8-4-7-16(20)18-15-6-3-5-14(17)13(15)2/h3,5-6,12H,4,7-11,17H2,1-2H3,(H,18,20). The summed E-state index contributed by atoms with van der Waals surface area (Å²) in [6.45, 7) is 7.49. The van der Waals surface area contributed by atoms with Gasteiger partial charge in [0.2, 0.25) is 5.91 Å². The molecule has 21 heavy (non-hydrogen) atoms. The maximum Gasteiger partial charge on any atom is 0.224 e. The predicted octanol–water partition coefficient (Wildman–Crippen LogP) is 2.73. The smallest absolute Gasteiger partial charge is 0.224 e. The molecule has 0 radical (unpaired) electrons. The molecule has 0 bridgehead atoms. The molecule has 4 nitrogen and oxygen atoms in total. The van der Waals surface area contributed by atoms with Crippen molar-refractivity contribution in [3.8, 4) is 0 Å². The van der Waals surface area contributed by atoms with Crippen molar-refractivity contribution in [3.05, 3.63) is 23.8 Å². The third-order valence-electron chi connectivity index (χ3n) is 3.85. The van der Waals surface area contributed by atoms with Crippen LogP contribution in [-0.4, -0.2) is 41.4 Å². The van der Waals surface area contributed by atoms with E-state index in [0.717, 1.165) is 37.3 Å². The summed E-state index contributed by atoms with van der Waals surface area (Å²) < 4.78 is 0. The average Bonchev–Trinajstić information content (AvgIpc) is 2.44. The van der Waals surface area contributed by atoms with E-state index in [2.05, 4.69) is 17.1 Å². The Hall–Kier alpha value is -1.20. The fourth-order valence-corrected chi connectivity index (χ4v) is 3.64. The first-order chi connectivity index (χ1) is 10.1. The van der Waals surface area contributed by atoms with Crippen LogP contribution in [0, 0.1) is 6.92 Å². The molecule has 1 aliphatic rings. The minimum absolute atomic E-state index is 0.0723. The monoisotopic (exact) mass is 307 g/mol. The van der Waals surface area contributed by atoms with E-state index in [9.17, 15) is 4.79 Å². The molecule has 1 amide bonds. The van der Waals surface area contributed by atoms with Gasteiger partial charge in [-0.15, -0.1) is 0 Å². The van der Waals surface area contributed by atoms with Gasteiger partial charge in [-0.2, -0.15) is 11.8 Å². The van der Waals surface area contributed by atoms with Crippen molar-refractivity contribution in [3.63, 3.8) is 0 Å². The first-order valence-corrected chi connectivity index (χ1v) is 8.60. The number of carbonyl (C=O) groups is 1. The first-order valence-electron chi connectivity index (χ1n) is 7.55. The summed E-state index contributed by atoms with van der Waals surface area (Å²) in [4.78, 5) is 14.5. The maximum absolute atomic E-state index is 12.0. The average molecular weight is 307 g/mol. The Labute approximate surface area is 131 Å². The number of nitrogens with two attached hydrogens (primary N) is 1. The van der Waals surface area contributed by atoms with Crippen LogP contribution in [0.5, 0.6) is 0 Å². The number of rotatable bonds is 5. The highest BCUT2D eigenvalue weighted by Crippen LogP contribution is 2.21. The van der Waals surface area contributed by atoms with Crippen molar-refractivity contribution >= 4 is 29.0 Å². The molecule has 1 aliphatic heterocycles. The van der Waals surface area contributed by atoms with Crippen molar-refractivity contribution < 1.29 is 4.79 Å². The molecule has 1 heterocycles. The Morgan fingerprint density at radius 1 is 1.52 bits per heavy atom. The summed E-state index contributed by atoms with van der Waals surface area (Å²) >= 11 is 2.03. The van der Waals surface area contributed by atoms with Crippen LogP contribution in [-0.2, 0) is 4.79 Å². The molecule has 3 N–H and O–H groups in total. The van der Waals surface area contributed by atoms with Crippen molar-refractivity contribution in [1.82, 2.24) is 4.90 Å². The zero-order valence-electron chi connectivity index (χ0n) is 12.9. The number of nitrogens with zero attached hydrogens (tertiary/aromatic N) is 1. The van der Waals surface area contributed by atoms with Gasteiger partial charge >= 0.3 is 0 Å². The highest BCUT2D eigenvalue weighted by atomic mass is 32.2. The summed E-state index contributed by atoms with van der Waals surface area (Å²) in [5, 5.41) is 3.67. The topological polar surface area (TPSA) is 58.4 Å². The molecule has 1 unspecified atom stereocenters. The molecular formula is C16H25N3OS. The zero-order chi connectivity index (χ0) is 15.2. The molecular weight excluding hydrogens is 282 g/mol. The molecule has 0 spiro atoms. The number of carbonyl (C=O) groups excluding carboxylic acids is 1. The van der Waals surface area contributed by atoms with Crippen LogP contribution in [0.15, 0.2) is 18.2 Å². The molecule has 0 saturated carbocycles. The molecule has 1 aromatic carbocycles. The van der Waals surface area contributed by atoms with Gasteiger partial charge in [-0.25, -0.2) is 0 Å². The Balaban J connectivity index is 1.73. The van der Waals surface area contributed by atoms with Gasteiger partial charge in [0.1, 0.15) is 0 Å². The fraction of sp³-hybridized carbons (Fsp3) is 0.562. The number of hydrogen-bond donors (Lipinski definition) is 2. The van der Waals surface area contributed by atoms with Gasteiger partial charge in [-0.05, 0) is 37.6 Å². The van der Waals surface area contributed by atoms with Crippen LogP contribution < -0.4 is 11.1 Å². The molecule has 0 aliphatic carbocycles. The van der Waals surface area contributed by atoms with Gasteiger partial charge in [0.25, 0.3) is 0 Å². The van der Waals surface area contributed by atoms with Crippen LogP contribution >= 0.6 is 11.8 Å². The normalized spacial score (nSPS) is 19.4. The molecule has 1 atom stereocenters. The lowest BCUT2D eigenvalue weighted by Gasteiger charge is -2.30. The maximum atomic E-state index is 12.0. The van der Waals surface area contributed by atoms with Crippen molar-refractivity contribution in [2.75, 3.05) is 36.4 Å². The molecule has 5 heteroatoms. The van der Waals surface area contributed by atoms with E-state index in [-0.39, 0.29) is 5.91 Å². The van der Waals surface area contributed by atoms with Crippen molar-refractivity contribution in [2.24, 2.45) is 0 Å². The third-order valence-corrected chi connectivity index (χ3v) is 4.99. The van der Waals surface area contributed by atoms with E-state index in [1.165, 1.54) is 5.75 Å². The predicted molar refractivity (Wildman–Crippen MR) is 91.8 cm³/mol. The second-order valence-corrected chi connectivity index (χ2v) is 7.20. The minimum atomic E-state index is 0.0723. The van der Waals surface area contributed by atoms with Gasteiger partial charge in [0.05, 0.1) is 0 Å². The van der Waals surface area contributed by atoms with E-state index in [0.29, 0.717) is 17.4 Å². The van der Waals surface area contributed by atoms with Gasteiger partial charge in [0.15, 0.2) is 0 Å². The lowest BCUT2D eigenvalue weighted by Crippen LogP contribution is -2.37. The van der Waals surface area contributed by atoms with Crippen LogP contribution in [0.4, 0.5) is 11.4 Å². The van der Waals surface area contributed by atoms with Gasteiger partial charge in [-0.1, -0.05) is 13.0 Å². The first kappa shape index (κ1) is 16.2. The molecule has 2 rings (SSSR count). The number of amides is 1. The molecule has 0 aromatic heterocycles. The largest absolute Gasteiger partial charge is 0.398 e. The third kappa shape index (κ3) is 4.93. The van der Waals surface area contributed by atoms with Gasteiger partial charge in [-0.3, -0.25) is 4.79 Å². The Bertz CT molecular complexity index is 492. The molecule has 1 saturated heterocycles. The number of anilines is 2. The van der Waals surface area contributed by atoms with Crippen LogP contribution in [0.1, 0.15) is 25.3 Å². The number of benzene rings is 1. The summed E-state index contributed by atoms with van der Waals surface area (Å²) in [5.41, 5.74) is 8.32. The molecule has 1 fully saturated rings. The van der Waals surface area contributed by atoms with E-state index in [1.54, 1.807) is 0 Å². The van der Waals surface area contributed by atoms with E-state index in [4.69, 9.17) is 5.73 Å². The summed E-state index contributed by atoms with van der Waals surface area (Å²) in [7, 11) is 0. The zero-order valence-corrected chi connectivity index (χ0v) is 13.7.